The van der Waals surface area contributed by atoms with Crippen molar-refractivity contribution in [1.82, 2.24) is 4.72 Å². The van der Waals surface area contributed by atoms with Crippen LogP contribution in [0.3, 0.4) is 0 Å². The number of rotatable bonds is 4. The number of hydrogen-bond donors (Lipinski definition) is 2. The van der Waals surface area contributed by atoms with E-state index in [9.17, 15) is 21.6 Å². The molecule has 0 bridgehead atoms. The summed E-state index contributed by atoms with van der Waals surface area (Å²) in [6, 6.07) is 7.42. The van der Waals surface area contributed by atoms with E-state index in [2.05, 4.69) is 0 Å². The summed E-state index contributed by atoms with van der Waals surface area (Å²) >= 11 is 0. The van der Waals surface area contributed by atoms with Gasteiger partial charge in [0, 0.05) is 12.6 Å². The number of nitrogens with one attached hydrogen (secondary N) is 1. The fourth-order valence-corrected chi connectivity index (χ4v) is 1.66. The second-order valence-corrected chi connectivity index (χ2v) is 5.07. The molecule has 0 spiro atoms. The van der Waals surface area contributed by atoms with Crippen LogP contribution in [0.4, 0.5) is 13.2 Å². The van der Waals surface area contributed by atoms with Gasteiger partial charge in [-0.1, -0.05) is 30.3 Å². The topological polar surface area (TPSA) is 72.2 Å². The van der Waals surface area contributed by atoms with Gasteiger partial charge >= 0.3 is 15.5 Å². The van der Waals surface area contributed by atoms with E-state index in [0.717, 1.165) is 0 Å². The van der Waals surface area contributed by atoms with Crippen LogP contribution in [0.5, 0.6) is 0 Å². The van der Waals surface area contributed by atoms with Gasteiger partial charge in [0.15, 0.2) is 0 Å². The molecule has 0 amide bonds. The van der Waals surface area contributed by atoms with Crippen LogP contribution in [0.25, 0.3) is 0 Å². The molecule has 0 aliphatic heterocycles. The maximum absolute atomic E-state index is 12.0. The molecule has 0 aliphatic rings. The third kappa shape index (κ3) is 3.69. The lowest BCUT2D eigenvalue weighted by Crippen LogP contribution is -2.40. The Morgan fingerprint density at radius 1 is 1.24 bits per heavy atom. The van der Waals surface area contributed by atoms with Crippen molar-refractivity contribution < 1.29 is 21.6 Å². The van der Waals surface area contributed by atoms with Crippen molar-refractivity contribution in [2.75, 3.05) is 6.54 Å². The number of alkyl halides is 3. The van der Waals surface area contributed by atoms with Gasteiger partial charge in [-0.05, 0) is 5.56 Å². The van der Waals surface area contributed by atoms with Crippen LogP contribution in [0.1, 0.15) is 11.6 Å². The van der Waals surface area contributed by atoms with E-state index in [1.807, 2.05) is 0 Å². The Hall–Kier alpha value is -1.12. The van der Waals surface area contributed by atoms with Gasteiger partial charge in [-0.15, -0.1) is 0 Å². The van der Waals surface area contributed by atoms with Crippen LogP contribution in [-0.2, 0) is 10.0 Å². The zero-order valence-electron chi connectivity index (χ0n) is 8.61. The van der Waals surface area contributed by atoms with Crippen LogP contribution < -0.4 is 10.5 Å². The third-order valence-corrected chi connectivity index (χ3v) is 3.18. The third-order valence-electron chi connectivity index (χ3n) is 2.03. The zero-order valence-corrected chi connectivity index (χ0v) is 9.42. The Balaban J connectivity index is 2.64. The first-order chi connectivity index (χ1) is 7.74. The quantitative estimate of drug-likeness (QED) is 0.859. The fraction of sp³-hybridized carbons (Fsp3) is 0.333. The second-order valence-electron chi connectivity index (χ2n) is 3.31. The van der Waals surface area contributed by atoms with Gasteiger partial charge in [0.2, 0.25) is 0 Å². The van der Waals surface area contributed by atoms with E-state index in [4.69, 9.17) is 5.73 Å². The average molecular weight is 268 g/mol. The van der Waals surface area contributed by atoms with Crippen molar-refractivity contribution in [2.45, 2.75) is 11.6 Å². The molecule has 96 valence electrons. The van der Waals surface area contributed by atoms with E-state index in [1.54, 1.807) is 30.3 Å². The largest absolute Gasteiger partial charge is 0.511 e. The normalized spacial score (nSPS) is 14.6. The van der Waals surface area contributed by atoms with Crippen LogP contribution >= 0.6 is 0 Å². The summed E-state index contributed by atoms with van der Waals surface area (Å²) in [4.78, 5) is 0. The molecule has 17 heavy (non-hydrogen) atoms. The highest BCUT2D eigenvalue weighted by molar-refractivity contribution is 7.90. The van der Waals surface area contributed by atoms with Crippen LogP contribution in [-0.4, -0.2) is 20.5 Å². The monoisotopic (exact) mass is 268 g/mol. The molecule has 1 rings (SSSR count). The first-order valence-electron chi connectivity index (χ1n) is 4.60. The van der Waals surface area contributed by atoms with Crippen molar-refractivity contribution in [3.8, 4) is 0 Å². The van der Waals surface area contributed by atoms with E-state index >= 15 is 0 Å². The summed E-state index contributed by atoms with van der Waals surface area (Å²) in [6.45, 7) is -0.508. The van der Waals surface area contributed by atoms with Gasteiger partial charge in [-0.3, -0.25) is 0 Å². The minimum atomic E-state index is -5.33. The molecule has 0 radical (unpaired) electrons. The van der Waals surface area contributed by atoms with Crippen molar-refractivity contribution >= 4 is 10.0 Å². The molecule has 8 heteroatoms. The molecule has 0 fully saturated rings. The van der Waals surface area contributed by atoms with Crippen molar-refractivity contribution in [3.63, 3.8) is 0 Å². The molecule has 0 heterocycles. The van der Waals surface area contributed by atoms with E-state index in [-0.39, 0.29) is 0 Å². The van der Waals surface area contributed by atoms with Crippen LogP contribution in [0, 0.1) is 0 Å². The summed E-state index contributed by atoms with van der Waals surface area (Å²) in [5.74, 6) is 0. The van der Waals surface area contributed by atoms with Gasteiger partial charge in [0.25, 0.3) is 0 Å². The van der Waals surface area contributed by atoms with E-state index in [1.165, 1.54) is 4.72 Å². The number of benzene rings is 1. The predicted molar refractivity (Wildman–Crippen MR) is 56.3 cm³/mol. The van der Waals surface area contributed by atoms with Crippen LogP contribution in [0.2, 0.25) is 0 Å². The summed E-state index contributed by atoms with van der Waals surface area (Å²) in [6.07, 6.45) is 0. The standard InChI is InChI=1S/C9H11F3N2O2S/c10-9(11,12)17(15,16)14-6-8(13)7-4-2-1-3-5-7/h1-5,8,14H,6,13H2. The maximum atomic E-state index is 12.0. The van der Waals surface area contributed by atoms with Gasteiger partial charge < -0.3 is 5.73 Å². The molecule has 0 aromatic heterocycles. The lowest BCUT2D eigenvalue weighted by molar-refractivity contribution is -0.0447. The SMILES string of the molecule is NC(CNS(=O)(=O)C(F)(F)F)c1ccccc1. The molecular formula is C9H11F3N2O2S. The average Bonchev–Trinajstić information content (AvgIpc) is 2.25. The highest BCUT2D eigenvalue weighted by atomic mass is 32.2. The number of nitrogens with two attached hydrogens (primary N) is 1. The summed E-state index contributed by atoms with van der Waals surface area (Å²) in [5, 5.41) is 0. The second kappa shape index (κ2) is 5.03. The first kappa shape index (κ1) is 13.9. The van der Waals surface area contributed by atoms with Crippen molar-refractivity contribution in [1.29, 1.82) is 0 Å². The Kier molecular flexibility index (Phi) is 4.12. The summed E-state index contributed by atoms with van der Waals surface area (Å²) < 4.78 is 58.8. The van der Waals surface area contributed by atoms with Crippen LogP contribution in [0.15, 0.2) is 30.3 Å². The molecule has 1 aromatic carbocycles. The molecule has 0 saturated carbocycles. The van der Waals surface area contributed by atoms with Gasteiger partial charge in [-0.2, -0.15) is 13.2 Å². The first-order valence-corrected chi connectivity index (χ1v) is 6.09. The van der Waals surface area contributed by atoms with E-state index in [0.29, 0.717) is 5.56 Å². The zero-order chi connectivity index (χ0) is 13.1. The molecule has 1 unspecified atom stereocenters. The van der Waals surface area contributed by atoms with Crippen molar-refractivity contribution in [3.05, 3.63) is 35.9 Å². The Morgan fingerprint density at radius 3 is 2.24 bits per heavy atom. The Morgan fingerprint density at radius 2 is 1.76 bits per heavy atom. The molecule has 3 N–H and O–H groups in total. The van der Waals surface area contributed by atoms with Crippen molar-refractivity contribution in [2.24, 2.45) is 5.73 Å². The predicted octanol–water partition coefficient (Wildman–Crippen LogP) is 1.13. The highest BCUT2D eigenvalue weighted by Gasteiger charge is 2.45. The molecule has 4 nitrogen and oxygen atoms in total. The molecular weight excluding hydrogens is 257 g/mol. The van der Waals surface area contributed by atoms with Gasteiger partial charge in [0.05, 0.1) is 0 Å². The highest BCUT2D eigenvalue weighted by Crippen LogP contribution is 2.21. The summed E-state index contributed by atoms with van der Waals surface area (Å²) in [7, 11) is -5.33. The minimum absolute atomic E-state index is 0.508. The lowest BCUT2D eigenvalue weighted by atomic mass is 10.1. The molecule has 1 atom stereocenters. The Bertz CT molecular complexity index is 459. The minimum Gasteiger partial charge on any atom is -0.323 e. The maximum Gasteiger partial charge on any atom is 0.511 e. The molecule has 1 aromatic rings. The summed E-state index contributed by atoms with van der Waals surface area (Å²) in [5.41, 5.74) is 0.788. The van der Waals surface area contributed by atoms with E-state index < -0.39 is 28.1 Å². The fourth-order valence-electron chi connectivity index (χ4n) is 1.10. The number of hydrogen-bond acceptors (Lipinski definition) is 3. The van der Waals surface area contributed by atoms with Gasteiger partial charge in [0.1, 0.15) is 0 Å². The Labute approximate surface area is 96.7 Å². The smallest absolute Gasteiger partial charge is 0.323 e. The molecule has 0 saturated heterocycles. The number of halogens is 3. The molecule has 0 aliphatic carbocycles. The lowest BCUT2D eigenvalue weighted by Gasteiger charge is -2.14. The number of sulfonamides is 1. The van der Waals surface area contributed by atoms with Gasteiger partial charge in [-0.25, -0.2) is 13.1 Å².